The number of benzene rings is 1. The van der Waals surface area contributed by atoms with Crippen molar-refractivity contribution in [3.63, 3.8) is 0 Å². The molecule has 1 aliphatic carbocycles. The highest BCUT2D eigenvalue weighted by molar-refractivity contribution is 5.97. The Labute approximate surface area is 173 Å². The number of nitrogens with one attached hydrogen (secondary N) is 3. The molecule has 0 bridgehead atoms. The number of alkyl halides is 1. The van der Waals surface area contributed by atoms with E-state index in [1.54, 1.807) is 18.3 Å². The van der Waals surface area contributed by atoms with Gasteiger partial charge in [-0.3, -0.25) is 4.79 Å². The first kappa shape index (κ1) is 18.8. The molecule has 0 radical (unpaired) electrons. The maximum absolute atomic E-state index is 14.8. The molecule has 1 unspecified atom stereocenters. The zero-order chi connectivity index (χ0) is 20.6. The third kappa shape index (κ3) is 3.58. The van der Waals surface area contributed by atoms with Crippen LogP contribution in [0.5, 0.6) is 5.75 Å². The number of aromatic nitrogens is 3. The summed E-state index contributed by atoms with van der Waals surface area (Å²) in [5.41, 5.74) is 0.844. The van der Waals surface area contributed by atoms with Crippen LogP contribution >= 0.6 is 0 Å². The second kappa shape index (κ2) is 7.59. The number of amides is 1. The molecule has 1 aromatic carbocycles. The topological polar surface area (TPSA) is 91.9 Å². The van der Waals surface area contributed by atoms with Crippen LogP contribution in [0.15, 0.2) is 36.7 Å². The molecule has 156 valence electrons. The van der Waals surface area contributed by atoms with E-state index < -0.39 is 5.67 Å². The summed E-state index contributed by atoms with van der Waals surface area (Å²) in [5, 5.41) is 6.77. The molecule has 1 atom stereocenters. The number of H-pyrrole nitrogens is 1. The van der Waals surface area contributed by atoms with Crippen molar-refractivity contribution < 1.29 is 13.9 Å². The molecule has 0 saturated heterocycles. The van der Waals surface area contributed by atoms with E-state index in [4.69, 9.17) is 4.74 Å². The normalized spacial score (nSPS) is 20.7. The van der Waals surface area contributed by atoms with Crippen LogP contribution in [0.4, 0.5) is 10.3 Å². The number of carbonyl (C=O) groups is 1. The predicted octanol–water partition coefficient (Wildman–Crippen LogP) is 3.91. The third-order valence-corrected chi connectivity index (χ3v) is 5.97. The molecule has 7 nitrogen and oxygen atoms in total. The molecule has 1 aliphatic heterocycles. The van der Waals surface area contributed by atoms with Gasteiger partial charge < -0.3 is 20.4 Å². The zero-order valence-electron chi connectivity index (χ0n) is 16.6. The van der Waals surface area contributed by atoms with E-state index in [1.165, 1.54) is 0 Å². The van der Waals surface area contributed by atoms with Crippen molar-refractivity contribution >= 4 is 22.9 Å². The lowest BCUT2D eigenvalue weighted by molar-refractivity contribution is 0.0951. The zero-order valence-corrected chi connectivity index (χ0v) is 16.6. The van der Waals surface area contributed by atoms with Crippen molar-refractivity contribution in [1.82, 2.24) is 20.3 Å². The molecular formula is C22H24FN5O2. The fourth-order valence-corrected chi connectivity index (χ4v) is 4.28. The van der Waals surface area contributed by atoms with Crippen LogP contribution in [0, 0.1) is 0 Å². The Morgan fingerprint density at radius 3 is 2.93 bits per heavy atom. The van der Waals surface area contributed by atoms with Crippen molar-refractivity contribution in [2.24, 2.45) is 0 Å². The summed E-state index contributed by atoms with van der Waals surface area (Å²) < 4.78 is 21.0. The van der Waals surface area contributed by atoms with Gasteiger partial charge in [0.15, 0.2) is 0 Å². The number of nitrogens with zero attached hydrogens (tertiary/aromatic N) is 2. The summed E-state index contributed by atoms with van der Waals surface area (Å²) in [5.74, 6) is 0.796. The molecular weight excluding hydrogens is 385 g/mol. The van der Waals surface area contributed by atoms with Gasteiger partial charge in [-0.05, 0) is 25.0 Å². The average Bonchev–Trinajstić information content (AvgIpc) is 3.11. The molecule has 1 saturated carbocycles. The molecule has 2 aromatic heterocycles. The van der Waals surface area contributed by atoms with E-state index in [9.17, 15) is 9.18 Å². The van der Waals surface area contributed by atoms with Gasteiger partial charge in [-0.25, -0.2) is 9.37 Å². The van der Waals surface area contributed by atoms with Gasteiger partial charge in [0.1, 0.15) is 23.2 Å². The van der Waals surface area contributed by atoms with Crippen LogP contribution in [-0.4, -0.2) is 39.6 Å². The van der Waals surface area contributed by atoms with Gasteiger partial charge in [0.25, 0.3) is 5.91 Å². The monoisotopic (exact) mass is 409 g/mol. The molecule has 3 aromatic rings. The molecule has 1 amide bonds. The van der Waals surface area contributed by atoms with Crippen LogP contribution in [-0.2, 0) is 0 Å². The minimum Gasteiger partial charge on any atom is -0.483 e. The third-order valence-electron chi connectivity index (χ3n) is 5.97. The highest BCUT2D eigenvalue weighted by Crippen LogP contribution is 2.33. The number of ether oxygens (including phenoxy) is 1. The molecule has 1 fully saturated rings. The lowest BCUT2D eigenvalue weighted by Gasteiger charge is -2.29. The fraction of sp³-hybridized carbons (Fsp3) is 0.409. The lowest BCUT2D eigenvalue weighted by atomic mass is 9.86. The molecule has 8 heteroatoms. The summed E-state index contributed by atoms with van der Waals surface area (Å²) in [6, 6.07) is 7.19. The number of rotatable bonds is 4. The van der Waals surface area contributed by atoms with Gasteiger partial charge in [0, 0.05) is 23.3 Å². The van der Waals surface area contributed by atoms with Crippen LogP contribution in [0.2, 0.25) is 0 Å². The second-order valence-electron chi connectivity index (χ2n) is 8.08. The van der Waals surface area contributed by atoms with Crippen LogP contribution in [0.3, 0.4) is 0 Å². The van der Waals surface area contributed by atoms with E-state index in [1.807, 2.05) is 18.3 Å². The van der Waals surface area contributed by atoms with Crippen LogP contribution < -0.4 is 15.4 Å². The Kier molecular flexibility index (Phi) is 4.77. The van der Waals surface area contributed by atoms with Crippen molar-refractivity contribution in [3.8, 4) is 5.75 Å². The molecule has 0 spiro atoms. The van der Waals surface area contributed by atoms with Gasteiger partial charge in [-0.2, -0.15) is 4.98 Å². The first-order chi connectivity index (χ1) is 14.6. The van der Waals surface area contributed by atoms with Gasteiger partial charge in [0.05, 0.1) is 18.7 Å². The highest BCUT2D eigenvalue weighted by atomic mass is 19.1. The van der Waals surface area contributed by atoms with Crippen molar-refractivity contribution in [2.75, 3.05) is 18.4 Å². The number of anilines is 1. The van der Waals surface area contributed by atoms with Crippen molar-refractivity contribution in [2.45, 2.75) is 43.9 Å². The molecule has 30 heavy (non-hydrogen) atoms. The largest absolute Gasteiger partial charge is 0.483 e. The van der Waals surface area contributed by atoms with E-state index in [2.05, 4.69) is 25.6 Å². The summed E-state index contributed by atoms with van der Waals surface area (Å²) in [4.78, 5) is 24.3. The number of halogens is 1. The number of fused-ring (bicyclic) bond motifs is 2. The molecule has 3 heterocycles. The van der Waals surface area contributed by atoms with Gasteiger partial charge in [-0.1, -0.05) is 31.4 Å². The first-order valence-electron chi connectivity index (χ1n) is 10.4. The average molecular weight is 409 g/mol. The summed E-state index contributed by atoms with van der Waals surface area (Å²) >= 11 is 0. The van der Waals surface area contributed by atoms with E-state index >= 15 is 0 Å². The summed E-state index contributed by atoms with van der Waals surface area (Å²) in [6.45, 7) is 0.561. The quantitative estimate of drug-likeness (QED) is 0.608. The lowest BCUT2D eigenvalue weighted by Crippen LogP contribution is -2.34. The number of aromatic amines is 1. The van der Waals surface area contributed by atoms with Gasteiger partial charge in [-0.15, -0.1) is 0 Å². The standard InChI is InChI=1S/C22H24FN5O2/c23-22(8-4-1-5-9-22)13-27-21-26-11-16-15(10-24-19(16)28-21)18-12-25-20(29)14-6-2-3-7-17(14)30-18/h2-3,6-7,10-11,18H,1,4-5,8-9,12-13H2,(H,25,29)(H2,24,26,27,28). The number of hydrogen-bond donors (Lipinski definition) is 3. The fourth-order valence-electron chi connectivity index (χ4n) is 4.28. The Morgan fingerprint density at radius 2 is 2.07 bits per heavy atom. The first-order valence-corrected chi connectivity index (χ1v) is 10.4. The van der Waals surface area contributed by atoms with Crippen molar-refractivity contribution in [1.29, 1.82) is 0 Å². The highest BCUT2D eigenvalue weighted by Gasteiger charge is 2.31. The molecule has 3 N–H and O–H groups in total. The second-order valence-corrected chi connectivity index (χ2v) is 8.08. The Balaban J connectivity index is 1.36. The van der Waals surface area contributed by atoms with Crippen LogP contribution in [0.25, 0.3) is 11.0 Å². The van der Waals surface area contributed by atoms with Gasteiger partial charge >= 0.3 is 0 Å². The Morgan fingerprint density at radius 1 is 1.23 bits per heavy atom. The Hall–Kier alpha value is -3.16. The van der Waals surface area contributed by atoms with Crippen molar-refractivity contribution in [3.05, 3.63) is 47.8 Å². The molecule has 5 rings (SSSR count). The maximum Gasteiger partial charge on any atom is 0.255 e. The van der Waals surface area contributed by atoms with E-state index in [0.29, 0.717) is 42.3 Å². The number of carbonyl (C=O) groups excluding carboxylic acids is 1. The van der Waals surface area contributed by atoms with E-state index in [0.717, 1.165) is 30.2 Å². The molecule has 2 aliphatic rings. The maximum atomic E-state index is 14.8. The van der Waals surface area contributed by atoms with E-state index in [-0.39, 0.29) is 18.6 Å². The predicted molar refractivity (Wildman–Crippen MR) is 111 cm³/mol. The number of hydrogen-bond acceptors (Lipinski definition) is 5. The summed E-state index contributed by atoms with van der Waals surface area (Å²) in [6.07, 6.45) is 7.30. The SMILES string of the molecule is O=C1NCC(c2c[nH]c3nc(NCC4(F)CCCCC4)ncc23)Oc2ccccc21. The minimum atomic E-state index is -1.18. The smallest absolute Gasteiger partial charge is 0.255 e. The Bertz CT molecular complexity index is 1080. The summed E-state index contributed by atoms with van der Waals surface area (Å²) in [7, 11) is 0. The van der Waals surface area contributed by atoms with Gasteiger partial charge in [0.2, 0.25) is 5.95 Å². The number of para-hydroxylation sites is 1. The van der Waals surface area contributed by atoms with Crippen LogP contribution in [0.1, 0.15) is 54.1 Å². The minimum absolute atomic E-state index is 0.154.